The third-order valence-electron chi connectivity index (χ3n) is 2.61. The van der Waals surface area contributed by atoms with Crippen molar-refractivity contribution in [1.82, 2.24) is 4.98 Å². The Bertz CT molecular complexity index is 643. The van der Waals surface area contributed by atoms with Crippen molar-refractivity contribution in [1.29, 1.82) is 0 Å². The van der Waals surface area contributed by atoms with Crippen LogP contribution in [0.4, 0.5) is 0 Å². The zero-order chi connectivity index (χ0) is 14.5. The minimum Gasteiger partial charge on any atom is -0.465 e. The summed E-state index contributed by atoms with van der Waals surface area (Å²) in [6.45, 7) is 0. The number of pyridine rings is 1. The highest BCUT2D eigenvalue weighted by atomic mass is 35.5. The first kappa shape index (κ1) is 14.7. The van der Waals surface area contributed by atoms with Crippen LogP contribution in [0.15, 0.2) is 47.5 Å². The summed E-state index contributed by atoms with van der Waals surface area (Å²) < 4.78 is 16.8. The highest BCUT2D eigenvalue weighted by Gasteiger charge is 2.11. The van der Waals surface area contributed by atoms with Crippen LogP contribution in [0.1, 0.15) is 16.1 Å². The number of hydrogen-bond acceptors (Lipinski definition) is 4. The summed E-state index contributed by atoms with van der Waals surface area (Å²) in [5.41, 5.74) is 0.982. The Balaban J connectivity index is 2.13. The number of rotatable bonds is 4. The molecule has 4 nitrogen and oxygen atoms in total. The number of hydrogen-bond donors (Lipinski definition) is 0. The van der Waals surface area contributed by atoms with E-state index in [0.717, 1.165) is 0 Å². The first-order valence-corrected chi connectivity index (χ1v) is 7.47. The molecule has 104 valence electrons. The molecule has 0 fully saturated rings. The summed E-state index contributed by atoms with van der Waals surface area (Å²) in [6.07, 6.45) is 1.41. The lowest BCUT2D eigenvalue weighted by atomic mass is 10.2. The molecule has 1 aromatic heterocycles. The summed E-state index contributed by atoms with van der Waals surface area (Å²) in [4.78, 5) is 16.0. The quantitative estimate of drug-likeness (QED) is 0.815. The van der Waals surface area contributed by atoms with Gasteiger partial charge in [-0.1, -0.05) is 23.7 Å². The predicted molar refractivity (Wildman–Crippen MR) is 77.1 cm³/mol. The summed E-state index contributed by atoms with van der Waals surface area (Å²) >= 11 is 6.00. The predicted octanol–water partition coefficient (Wildman–Crippen LogP) is 2.83. The van der Waals surface area contributed by atoms with Crippen molar-refractivity contribution < 1.29 is 13.7 Å². The van der Waals surface area contributed by atoms with Gasteiger partial charge in [0.25, 0.3) is 0 Å². The van der Waals surface area contributed by atoms with E-state index in [1.165, 1.54) is 13.3 Å². The van der Waals surface area contributed by atoms with Crippen LogP contribution in [0.5, 0.6) is 0 Å². The van der Waals surface area contributed by atoms with Crippen LogP contribution in [-0.4, -0.2) is 22.3 Å². The number of esters is 1. The SMILES string of the molecule is COC(=O)c1ccc(CS(=O)c2ccccc2Cl)nc1. The molecule has 1 atom stereocenters. The van der Waals surface area contributed by atoms with Gasteiger partial charge in [-0.3, -0.25) is 9.19 Å². The highest BCUT2D eigenvalue weighted by molar-refractivity contribution is 7.84. The third-order valence-corrected chi connectivity index (χ3v) is 4.45. The molecule has 0 aliphatic carbocycles. The maximum atomic E-state index is 12.2. The third kappa shape index (κ3) is 3.43. The summed E-state index contributed by atoms with van der Waals surface area (Å²) in [5.74, 6) is -0.207. The number of ether oxygens (including phenoxy) is 1. The molecule has 1 unspecified atom stereocenters. The Morgan fingerprint density at radius 3 is 2.65 bits per heavy atom. The standard InChI is InChI=1S/C14H12ClNO3S/c1-19-14(17)10-6-7-11(16-8-10)9-20(18)13-5-3-2-4-12(13)15/h2-8H,9H2,1H3. The fraction of sp³-hybridized carbons (Fsp3) is 0.143. The lowest BCUT2D eigenvalue weighted by Gasteiger charge is -2.05. The van der Waals surface area contributed by atoms with Crippen molar-refractivity contribution >= 4 is 28.4 Å². The molecular formula is C14H12ClNO3S. The van der Waals surface area contributed by atoms with E-state index in [4.69, 9.17) is 11.6 Å². The van der Waals surface area contributed by atoms with Gasteiger partial charge in [0.2, 0.25) is 0 Å². The van der Waals surface area contributed by atoms with Gasteiger partial charge in [-0.05, 0) is 24.3 Å². The van der Waals surface area contributed by atoms with E-state index in [-0.39, 0.29) is 5.75 Å². The molecule has 0 aliphatic rings. The summed E-state index contributed by atoms with van der Waals surface area (Å²) in [6, 6.07) is 10.2. The Hall–Kier alpha value is -1.72. The summed E-state index contributed by atoms with van der Waals surface area (Å²) in [7, 11) is 0.0326. The molecule has 20 heavy (non-hydrogen) atoms. The minimum absolute atomic E-state index is 0.241. The van der Waals surface area contributed by atoms with Crippen molar-refractivity contribution in [3.05, 3.63) is 58.9 Å². The number of aromatic nitrogens is 1. The lowest BCUT2D eigenvalue weighted by molar-refractivity contribution is 0.0600. The normalized spacial score (nSPS) is 11.9. The molecule has 0 N–H and O–H groups in total. The molecule has 1 aromatic carbocycles. The summed E-state index contributed by atoms with van der Waals surface area (Å²) in [5, 5.41) is 0.469. The number of methoxy groups -OCH3 is 1. The van der Waals surface area contributed by atoms with Crippen LogP contribution >= 0.6 is 11.6 Å². The molecule has 2 rings (SSSR count). The van der Waals surface area contributed by atoms with Crippen LogP contribution in [-0.2, 0) is 21.3 Å². The van der Waals surface area contributed by atoms with E-state index in [1.54, 1.807) is 36.4 Å². The van der Waals surface area contributed by atoms with Crippen LogP contribution in [0, 0.1) is 0 Å². The second-order valence-electron chi connectivity index (χ2n) is 3.95. The monoisotopic (exact) mass is 309 g/mol. The Morgan fingerprint density at radius 2 is 2.05 bits per heavy atom. The maximum absolute atomic E-state index is 12.2. The van der Waals surface area contributed by atoms with E-state index in [9.17, 15) is 9.00 Å². The van der Waals surface area contributed by atoms with Gasteiger partial charge >= 0.3 is 5.97 Å². The molecule has 0 spiro atoms. The van der Waals surface area contributed by atoms with Crippen LogP contribution < -0.4 is 0 Å². The van der Waals surface area contributed by atoms with Gasteiger partial charge in [0.05, 0.1) is 44.8 Å². The molecule has 0 saturated heterocycles. The van der Waals surface area contributed by atoms with Crippen LogP contribution in [0.25, 0.3) is 0 Å². The van der Waals surface area contributed by atoms with Crippen molar-refractivity contribution in [2.24, 2.45) is 0 Å². The largest absolute Gasteiger partial charge is 0.465 e. The van der Waals surface area contributed by atoms with Crippen molar-refractivity contribution in [3.63, 3.8) is 0 Å². The molecule has 1 heterocycles. The van der Waals surface area contributed by atoms with Gasteiger partial charge in [-0.2, -0.15) is 0 Å². The molecule has 0 aliphatic heterocycles. The van der Waals surface area contributed by atoms with Gasteiger partial charge < -0.3 is 4.74 Å². The number of carbonyl (C=O) groups is 1. The van der Waals surface area contributed by atoms with Crippen LogP contribution in [0.2, 0.25) is 5.02 Å². The average Bonchev–Trinajstić information content (AvgIpc) is 2.47. The fourth-order valence-electron chi connectivity index (χ4n) is 1.59. The average molecular weight is 310 g/mol. The van der Waals surface area contributed by atoms with Gasteiger partial charge in [0, 0.05) is 6.20 Å². The van der Waals surface area contributed by atoms with E-state index in [2.05, 4.69) is 9.72 Å². The second-order valence-corrected chi connectivity index (χ2v) is 5.78. The van der Waals surface area contributed by atoms with E-state index >= 15 is 0 Å². The zero-order valence-corrected chi connectivity index (χ0v) is 12.3. The second kappa shape index (κ2) is 6.63. The van der Waals surface area contributed by atoms with E-state index < -0.39 is 16.8 Å². The maximum Gasteiger partial charge on any atom is 0.339 e. The number of carbonyl (C=O) groups excluding carboxylic acids is 1. The first-order chi connectivity index (χ1) is 9.61. The van der Waals surface area contributed by atoms with Crippen LogP contribution in [0.3, 0.4) is 0 Å². The van der Waals surface area contributed by atoms with Gasteiger partial charge in [-0.25, -0.2) is 4.79 Å². The molecule has 2 aromatic rings. The molecule has 0 amide bonds. The van der Waals surface area contributed by atoms with E-state index in [0.29, 0.717) is 21.2 Å². The number of benzene rings is 1. The van der Waals surface area contributed by atoms with Gasteiger partial charge in [-0.15, -0.1) is 0 Å². The molecule has 0 bridgehead atoms. The minimum atomic E-state index is -1.28. The highest BCUT2D eigenvalue weighted by Crippen LogP contribution is 2.20. The lowest BCUT2D eigenvalue weighted by Crippen LogP contribution is -2.04. The molecular weight excluding hydrogens is 298 g/mol. The van der Waals surface area contributed by atoms with Gasteiger partial charge in [0.15, 0.2) is 0 Å². The van der Waals surface area contributed by atoms with Crippen molar-refractivity contribution in [3.8, 4) is 0 Å². The molecule has 6 heteroatoms. The first-order valence-electron chi connectivity index (χ1n) is 5.78. The molecule has 0 saturated carbocycles. The van der Waals surface area contributed by atoms with Gasteiger partial charge in [0.1, 0.15) is 0 Å². The smallest absolute Gasteiger partial charge is 0.339 e. The number of halogens is 1. The van der Waals surface area contributed by atoms with Crippen molar-refractivity contribution in [2.75, 3.05) is 7.11 Å². The Morgan fingerprint density at radius 1 is 1.30 bits per heavy atom. The fourth-order valence-corrected chi connectivity index (χ4v) is 3.09. The van der Waals surface area contributed by atoms with E-state index in [1.807, 2.05) is 0 Å². The van der Waals surface area contributed by atoms with Crippen molar-refractivity contribution in [2.45, 2.75) is 10.6 Å². The topological polar surface area (TPSA) is 56.3 Å². The molecule has 0 radical (unpaired) electrons. The number of nitrogens with zero attached hydrogens (tertiary/aromatic N) is 1. The Kier molecular flexibility index (Phi) is 4.87. The zero-order valence-electron chi connectivity index (χ0n) is 10.7. The Labute approximate surface area is 124 Å².